The molecule has 1 amide bonds. The van der Waals surface area contributed by atoms with Crippen LogP contribution < -0.4 is 4.72 Å². The monoisotopic (exact) mass is 503 g/mol. The summed E-state index contributed by atoms with van der Waals surface area (Å²) in [4.78, 5) is 19.8. The lowest BCUT2D eigenvalue weighted by Crippen LogP contribution is -2.30. The Morgan fingerprint density at radius 3 is 2.48 bits per heavy atom. The van der Waals surface area contributed by atoms with E-state index in [-0.39, 0.29) is 21.5 Å². The average molecular weight is 504 g/mol. The Balaban J connectivity index is 1.78. The lowest BCUT2D eigenvalue weighted by molar-refractivity contribution is 0.0978. The minimum absolute atomic E-state index is 0.0589. The van der Waals surface area contributed by atoms with Gasteiger partial charge in [0, 0.05) is 17.8 Å². The number of fused-ring (bicyclic) bond motifs is 1. The number of carbonyl (C=O) groups excluding carboxylic acids is 1. The summed E-state index contributed by atoms with van der Waals surface area (Å²) in [7, 11) is -3.89. The van der Waals surface area contributed by atoms with E-state index in [1.54, 1.807) is 41.3 Å². The molecule has 4 rings (SSSR count). The number of hydrogen-bond acceptors (Lipinski definition) is 5. The van der Waals surface area contributed by atoms with Crippen LogP contribution in [-0.4, -0.2) is 35.3 Å². The van der Waals surface area contributed by atoms with Gasteiger partial charge in [0.25, 0.3) is 5.91 Å². The quantitative estimate of drug-likeness (QED) is 0.404. The number of rotatable bonds is 4. The second-order valence-electron chi connectivity index (χ2n) is 6.94. The van der Waals surface area contributed by atoms with Crippen molar-refractivity contribution in [2.75, 3.05) is 6.26 Å². The van der Waals surface area contributed by atoms with Gasteiger partial charge in [0.2, 0.25) is 10.0 Å². The highest BCUT2D eigenvalue weighted by molar-refractivity contribution is 7.89. The van der Waals surface area contributed by atoms with E-state index in [2.05, 4.69) is 14.9 Å². The summed E-state index contributed by atoms with van der Waals surface area (Å²) in [6.45, 7) is 7.04. The molecule has 12 heteroatoms. The van der Waals surface area contributed by atoms with E-state index in [0.717, 1.165) is 29.5 Å². The average Bonchev–Trinajstić information content (AvgIpc) is 3.09. The minimum atomic E-state index is -3.89. The van der Waals surface area contributed by atoms with Gasteiger partial charge < -0.3 is 0 Å². The Morgan fingerprint density at radius 2 is 1.85 bits per heavy atom. The van der Waals surface area contributed by atoms with Crippen LogP contribution in [0.2, 0.25) is 10.2 Å². The fourth-order valence-corrected chi connectivity index (χ4v) is 4.02. The number of amides is 1. The van der Waals surface area contributed by atoms with Crippen molar-refractivity contribution in [2.24, 2.45) is 0 Å². The molecule has 4 aromatic rings. The summed E-state index contributed by atoms with van der Waals surface area (Å²) in [5.74, 6) is -2.16. The lowest BCUT2D eigenvalue weighted by Gasteiger charge is -2.10. The molecule has 0 aliphatic heterocycles. The molecule has 0 atom stereocenters. The number of nitrogens with zero attached hydrogens (tertiary/aromatic N) is 4. The van der Waals surface area contributed by atoms with Crippen LogP contribution in [0.5, 0.6) is 0 Å². The molecule has 2 heterocycles. The maximum Gasteiger partial charge on any atom is 0.267 e. The van der Waals surface area contributed by atoms with Gasteiger partial charge in [-0.25, -0.2) is 32.0 Å². The fraction of sp³-hybridized carbons (Fsp3) is 0.0476. The van der Waals surface area contributed by atoms with Crippen LogP contribution in [0.25, 0.3) is 32.7 Å². The van der Waals surface area contributed by atoms with Crippen molar-refractivity contribution >= 4 is 55.9 Å². The van der Waals surface area contributed by atoms with E-state index in [9.17, 15) is 17.6 Å². The Bertz CT molecular complexity index is 1580. The highest BCUT2D eigenvalue weighted by Crippen LogP contribution is 2.32. The van der Waals surface area contributed by atoms with Crippen LogP contribution in [0.4, 0.5) is 10.1 Å². The summed E-state index contributed by atoms with van der Waals surface area (Å²) in [6, 6.07) is 10.6. The molecule has 8 nitrogen and oxygen atoms in total. The molecule has 0 fully saturated rings. The van der Waals surface area contributed by atoms with Crippen molar-refractivity contribution in [3.05, 3.63) is 81.6 Å². The smallest absolute Gasteiger partial charge is 0.267 e. The fourth-order valence-electron chi connectivity index (χ4n) is 3.12. The third-order valence-corrected chi connectivity index (χ3v) is 5.73. The Hall–Kier alpha value is -3.52. The van der Waals surface area contributed by atoms with Crippen LogP contribution in [0.15, 0.2) is 48.7 Å². The summed E-state index contributed by atoms with van der Waals surface area (Å²) in [5.41, 5.74) is 1.84. The van der Waals surface area contributed by atoms with E-state index in [1.165, 1.54) is 4.68 Å². The summed E-state index contributed by atoms with van der Waals surface area (Å²) < 4.78 is 40.1. The van der Waals surface area contributed by atoms with E-state index >= 15 is 0 Å². The molecule has 2 aromatic heterocycles. The summed E-state index contributed by atoms with van der Waals surface area (Å²) in [5, 5.41) is 4.68. The van der Waals surface area contributed by atoms with Crippen LogP contribution in [0, 0.1) is 12.4 Å². The molecule has 1 N–H and O–H groups in total. The van der Waals surface area contributed by atoms with Crippen molar-refractivity contribution in [2.45, 2.75) is 0 Å². The van der Waals surface area contributed by atoms with Gasteiger partial charge in [0.05, 0.1) is 34.5 Å². The predicted octanol–water partition coefficient (Wildman–Crippen LogP) is 4.77. The number of hydrogen-bond donors (Lipinski definition) is 1. The van der Waals surface area contributed by atoms with E-state index < -0.39 is 27.3 Å². The van der Waals surface area contributed by atoms with Crippen LogP contribution in [-0.2, 0) is 10.0 Å². The molecule has 0 saturated carbocycles. The first kappa shape index (κ1) is 22.7. The first-order valence-electron chi connectivity index (χ1n) is 9.11. The van der Waals surface area contributed by atoms with Gasteiger partial charge >= 0.3 is 0 Å². The summed E-state index contributed by atoms with van der Waals surface area (Å²) in [6.07, 6.45) is 2.34. The molecule has 33 heavy (non-hydrogen) atoms. The van der Waals surface area contributed by atoms with Crippen molar-refractivity contribution in [1.82, 2.24) is 19.5 Å². The van der Waals surface area contributed by atoms with E-state index in [0.29, 0.717) is 11.1 Å². The zero-order chi connectivity index (χ0) is 23.9. The highest BCUT2D eigenvalue weighted by Gasteiger charge is 2.21. The Labute approximate surface area is 197 Å². The number of pyridine rings is 1. The van der Waals surface area contributed by atoms with Crippen LogP contribution in [0.1, 0.15) is 10.4 Å². The van der Waals surface area contributed by atoms with Crippen molar-refractivity contribution < 1.29 is 17.6 Å². The van der Waals surface area contributed by atoms with Crippen molar-refractivity contribution in [3.8, 4) is 16.8 Å². The maximum absolute atomic E-state index is 14.7. The van der Waals surface area contributed by atoms with E-state index in [1.807, 2.05) is 0 Å². The topological polar surface area (TPSA) is 98.3 Å². The molecular weight excluding hydrogens is 492 g/mol. The SMILES string of the molecule is [C-]#[N+]c1ccc(-c2cnc3c(c2)c(Cl)nn3-c2cc(F)c(C(=O)NS(C)(=O)=O)cc2Cl)cc1. The molecule has 0 aliphatic rings. The highest BCUT2D eigenvalue weighted by atomic mass is 35.5. The molecule has 166 valence electrons. The van der Waals surface area contributed by atoms with Gasteiger partial charge in [-0.3, -0.25) is 4.79 Å². The van der Waals surface area contributed by atoms with Gasteiger partial charge in [0.15, 0.2) is 16.5 Å². The molecule has 0 saturated heterocycles. The first-order valence-corrected chi connectivity index (χ1v) is 11.8. The van der Waals surface area contributed by atoms with Gasteiger partial charge in [-0.15, -0.1) is 0 Å². The second kappa shape index (κ2) is 8.44. The molecule has 0 unspecified atom stereocenters. The Morgan fingerprint density at radius 1 is 1.15 bits per heavy atom. The summed E-state index contributed by atoms with van der Waals surface area (Å²) >= 11 is 12.6. The zero-order valence-corrected chi connectivity index (χ0v) is 19.0. The largest absolute Gasteiger partial charge is 0.268 e. The number of carbonyl (C=O) groups is 1. The van der Waals surface area contributed by atoms with Crippen molar-refractivity contribution in [3.63, 3.8) is 0 Å². The third kappa shape index (κ3) is 4.52. The lowest BCUT2D eigenvalue weighted by atomic mass is 10.1. The van der Waals surface area contributed by atoms with Crippen LogP contribution in [0.3, 0.4) is 0 Å². The number of halogens is 3. The molecule has 0 radical (unpaired) electrons. The third-order valence-electron chi connectivity index (χ3n) is 4.59. The van der Waals surface area contributed by atoms with Gasteiger partial charge in [-0.2, -0.15) is 5.10 Å². The van der Waals surface area contributed by atoms with Gasteiger partial charge in [-0.05, 0) is 17.7 Å². The number of benzene rings is 2. The normalized spacial score (nSPS) is 11.4. The maximum atomic E-state index is 14.7. The number of sulfonamides is 1. The molecule has 0 bridgehead atoms. The molecular formula is C21H12Cl2FN5O3S. The van der Waals surface area contributed by atoms with Crippen LogP contribution >= 0.6 is 23.2 Å². The number of aromatic nitrogens is 3. The number of nitrogens with one attached hydrogen (secondary N) is 1. The van der Waals surface area contributed by atoms with Crippen molar-refractivity contribution in [1.29, 1.82) is 0 Å². The molecule has 0 spiro atoms. The van der Waals surface area contributed by atoms with E-state index in [4.69, 9.17) is 29.8 Å². The minimum Gasteiger partial charge on any atom is -0.268 e. The zero-order valence-electron chi connectivity index (χ0n) is 16.7. The standard InChI is InChI=1S/C21H12Cl2FN5O3S/c1-25-13-5-3-11(4-6-13)12-7-15-19(23)27-29(20(15)26-10-12)18-9-17(24)14(8-16(18)22)21(30)28-33(2,31)32/h3-10H,2H3,(H,28,30). The van der Waals surface area contributed by atoms with Gasteiger partial charge in [-0.1, -0.05) is 47.5 Å². The second-order valence-corrected chi connectivity index (χ2v) is 9.46. The molecule has 0 aliphatic carbocycles. The van der Waals surface area contributed by atoms with Gasteiger partial charge in [0.1, 0.15) is 5.82 Å². The predicted molar refractivity (Wildman–Crippen MR) is 123 cm³/mol. The first-order chi connectivity index (χ1) is 15.6. The molecule has 2 aromatic carbocycles. The Kier molecular flexibility index (Phi) is 5.80.